The molecule has 1 rings (SSSR count). The third kappa shape index (κ3) is 2.04. The maximum Gasteiger partial charge on any atom is 0.228 e. The Morgan fingerprint density at radius 2 is 1.89 bits per heavy atom. The van der Waals surface area contributed by atoms with Gasteiger partial charge in [0.2, 0.25) is 6.40 Å². The lowest BCUT2D eigenvalue weighted by Crippen LogP contribution is -2.09. The molecule has 0 amide bonds. The molecule has 0 aliphatic heterocycles. The van der Waals surface area contributed by atoms with Crippen molar-refractivity contribution in [2.45, 2.75) is 38.1 Å². The Labute approximate surface area is 55.6 Å². The predicted molar refractivity (Wildman–Crippen MR) is 36.1 cm³/mol. The summed E-state index contributed by atoms with van der Waals surface area (Å²) in [5, 5.41) is 9.91. The normalized spacial score (nSPS) is 23.1. The van der Waals surface area contributed by atoms with E-state index in [9.17, 15) is 5.11 Å². The van der Waals surface area contributed by atoms with Crippen molar-refractivity contribution in [3.05, 3.63) is 0 Å². The molecular formula is C7H12NO. The van der Waals surface area contributed by atoms with Crippen molar-refractivity contribution in [1.82, 2.24) is 0 Å². The van der Waals surface area contributed by atoms with Crippen molar-refractivity contribution >= 4 is 6.40 Å². The summed E-state index contributed by atoms with van der Waals surface area (Å²) in [5.41, 5.74) is 0. The first kappa shape index (κ1) is 6.59. The van der Waals surface area contributed by atoms with Crippen LogP contribution < -0.4 is 0 Å². The van der Waals surface area contributed by atoms with Crippen LogP contribution in [-0.4, -0.2) is 12.4 Å². The van der Waals surface area contributed by atoms with E-state index in [0.29, 0.717) is 12.4 Å². The van der Waals surface area contributed by atoms with Crippen LogP contribution in [0.15, 0.2) is 4.99 Å². The molecule has 0 heterocycles. The van der Waals surface area contributed by atoms with E-state index in [1.54, 1.807) is 0 Å². The maximum absolute atomic E-state index is 9.91. The molecule has 1 aliphatic carbocycles. The summed E-state index contributed by atoms with van der Waals surface area (Å²) >= 11 is 0. The van der Waals surface area contributed by atoms with E-state index in [-0.39, 0.29) is 0 Å². The average Bonchev–Trinajstić information content (AvgIpc) is 1.91. The Morgan fingerprint density at radius 1 is 1.22 bits per heavy atom. The van der Waals surface area contributed by atoms with Gasteiger partial charge < -0.3 is 0 Å². The lowest BCUT2D eigenvalue weighted by atomic mass is 9.96. The van der Waals surface area contributed by atoms with Crippen molar-refractivity contribution in [3.63, 3.8) is 0 Å². The fourth-order valence-corrected chi connectivity index (χ4v) is 1.32. The summed E-state index contributed by atoms with van der Waals surface area (Å²) in [7, 11) is 0. The highest BCUT2D eigenvalue weighted by molar-refractivity contribution is 5.42. The van der Waals surface area contributed by atoms with Crippen molar-refractivity contribution in [2.75, 3.05) is 0 Å². The average molecular weight is 126 g/mol. The van der Waals surface area contributed by atoms with Crippen molar-refractivity contribution in [3.8, 4) is 0 Å². The Kier molecular flexibility index (Phi) is 2.55. The van der Waals surface area contributed by atoms with Gasteiger partial charge in [0.25, 0.3) is 0 Å². The SMILES string of the molecule is [O]C=NC1CCCCC1. The first-order valence-corrected chi connectivity index (χ1v) is 3.57. The molecule has 0 aromatic rings. The zero-order valence-electron chi connectivity index (χ0n) is 5.55. The fourth-order valence-electron chi connectivity index (χ4n) is 1.32. The number of rotatable bonds is 1. The summed E-state index contributed by atoms with van der Waals surface area (Å²) < 4.78 is 0. The number of hydrogen-bond donors (Lipinski definition) is 0. The Hall–Kier alpha value is -0.530. The van der Waals surface area contributed by atoms with Gasteiger partial charge in [-0.3, -0.25) is 10.1 Å². The van der Waals surface area contributed by atoms with Gasteiger partial charge in [-0.2, -0.15) is 0 Å². The molecule has 1 saturated carbocycles. The van der Waals surface area contributed by atoms with Crippen molar-refractivity contribution in [1.29, 1.82) is 0 Å². The zero-order valence-corrected chi connectivity index (χ0v) is 5.55. The number of hydrogen-bond acceptors (Lipinski definition) is 1. The van der Waals surface area contributed by atoms with Gasteiger partial charge in [-0.05, 0) is 12.8 Å². The van der Waals surface area contributed by atoms with Gasteiger partial charge in [-0.1, -0.05) is 19.3 Å². The van der Waals surface area contributed by atoms with Crippen LogP contribution in [0.4, 0.5) is 0 Å². The molecule has 0 spiro atoms. The minimum absolute atomic E-state index is 0.358. The molecule has 0 bridgehead atoms. The summed E-state index contributed by atoms with van der Waals surface area (Å²) in [6.07, 6.45) is 6.77. The zero-order chi connectivity index (χ0) is 6.53. The van der Waals surface area contributed by atoms with Gasteiger partial charge in [0.15, 0.2) is 0 Å². The third-order valence-corrected chi connectivity index (χ3v) is 1.85. The largest absolute Gasteiger partial charge is 0.277 e. The minimum atomic E-state index is 0.358. The molecule has 9 heavy (non-hydrogen) atoms. The molecule has 1 radical (unpaired) electrons. The van der Waals surface area contributed by atoms with Crippen LogP contribution in [0.25, 0.3) is 0 Å². The lowest BCUT2D eigenvalue weighted by Gasteiger charge is -2.15. The van der Waals surface area contributed by atoms with Gasteiger partial charge in [-0.25, -0.2) is 0 Å². The molecule has 0 aromatic carbocycles. The number of aliphatic imine (C=N–C) groups is 1. The van der Waals surface area contributed by atoms with Crippen LogP contribution in [0, 0.1) is 0 Å². The lowest BCUT2D eigenvalue weighted by molar-refractivity contribution is 0.412. The van der Waals surface area contributed by atoms with E-state index in [1.165, 1.54) is 19.3 Å². The van der Waals surface area contributed by atoms with Gasteiger partial charge >= 0.3 is 0 Å². The third-order valence-electron chi connectivity index (χ3n) is 1.85. The van der Waals surface area contributed by atoms with Crippen LogP contribution in [0.5, 0.6) is 0 Å². The van der Waals surface area contributed by atoms with Crippen LogP contribution in [0.3, 0.4) is 0 Å². The second-order valence-corrected chi connectivity index (χ2v) is 2.55. The monoisotopic (exact) mass is 126 g/mol. The minimum Gasteiger partial charge on any atom is -0.277 e. The number of nitrogens with zero attached hydrogens (tertiary/aromatic N) is 1. The van der Waals surface area contributed by atoms with Crippen molar-refractivity contribution in [2.24, 2.45) is 4.99 Å². The molecule has 1 aliphatic rings. The van der Waals surface area contributed by atoms with E-state index < -0.39 is 0 Å². The molecule has 0 N–H and O–H groups in total. The van der Waals surface area contributed by atoms with E-state index in [1.807, 2.05) is 0 Å². The van der Waals surface area contributed by atoms with Crippen molar-refractivity contribution < 1.29 is 5.11 Å². The summed E-state index contributed by atoms with van der Waals surface area (Å²) in [4.78, 5) is 3.80. The maximum atomic E-state index is 9.91. The van der Waals surface area contributed by atoms with E-state index >= 15 is 0 Å². The summed E-state index contributed by atoms with van der Waals surface area (Å²) in [5.74, 6) is 0. The molecule has 0 unspecified atom stereocenters. The highest BCUT2D eigenvalue weighted by atomic mass is 16.3. The second kappa shape index (κ2) is 3.49. The highest BCUT2D eigenvalue weighted by Crippen LogP contribution is 2.19. The second-order valence-electron chi connectivity index (χ2n) is 2.55. The summed E-state index contributed by atoms with van der Waals surface area (Å²) in [6, 6.07) is 0.358. The van der Waals surface area contributed by atoms with E-state index in [0.717, 1.165) is 12.8 Å². The highest BCUT2D eigenvalue weighted by Gasteiger charge is 2.10. The molecular weight excluding hydrogens is 114 g/mol. The van der Waals surface area contributed by atoms with Gasteiger partial charge in [0.05, 0.1) is 6.04 Å². The fraction of sp³-hybridized carbons (Fsp3) is 0.857. The topological polar surface area (TPSA) is 32.3 Å². The van der Waals surface area contributed by atoms with E-state index in [2.05, 4.69) is 4.99 Å². The molecule has 2 nitrogen and oxygen atoms in total. The molecule has 2 heteroatoms. The molecule has 51 valence electrons. The van der Waals surface area contributed by atoms with E-state index in [4.69, 9.17) is 0 Å². The van der Waals surface area contributed by atoms with Crippen LogP contribution in [0.1, 0.15) is 32.1 Å². The first-order valence-electron chi connectivity index (χ1n) is 3.57. The quantitative estimate of drug-likeness (QED) is 0.379. The molecule has 0 saturated heterocycles. The predicted octanol–water partition coefficient (Wildman–Crippen LogP) is 1.78. The van der Waals surface area contributed by atoms with Crippen LogP contribution in [-0.2, 0) is 5.11 Å². The molecule has 0 atom stereocenters. The van der Waals surface area contributed by atoms with Gasteiger partial charge in [-0.15, -0.1) is 0 Å². The van der Waals surface area contributed by atoms with Crippen LogP contribution >= 0.6 is 0 Å². The Bertz CT molecular complexity index is 95.1. The van der Waals surface area contributed by atoms with Gasteiger partial charge in [0.1, 0.15) is 0 Å². The standard InChI is InChI=1S/C7H12NO/c9-6-8-7-4-2-1-3-5-7/h6-7H,1-5H2. The Morgan fingerprint density at radius 3 is 2.44 bits per heavy atom. The first-order chi connectivity index (χ1) is 4.43. The van der Waals surface area contributed by atoms with Crippen LogP contribution in [0.2, 0.25) is 0 Å². The Balaban J connectivity index is 2.23. The smallest absolute Gasteiger partial charge is 0.228 e. The summed E-state index contributed by atoms with van der Waals surface area (Å²) in [6.45, 7) is 0. The van der Waals surface area contributed by atoms with Gasteiger partial charge in [0, 0.05) is 0 Å². The molecule has 0 aromatic heterocycles. The molecule has 1 fully saturated rings.